The molecule has 1 aromatic carbocycles. The third-order valence-electron chi connectivity index (χ3n) is 3.64. The van der Waals surface area contributed by atoms with E-state index in [1.807, 2.05) is 19.9 Å². The van der Waals surface area contributed by atoms with E-state index in [0.29, 0.717) is 23.2 Å². The Balaban J connectivity index is 2.41. The molecule has 0 unspecified atom stereocenters. The predicted octanol–water partition coefficient (Wildman–Crippen LogP) is 3.91. The summed E-state index contributed by atoms with van der Waals surface area (Å²) in [6, 6.07) is 6.49. The Labute approximate surface area is 146 Å². The Bertz CT molecular complexity index is 819. The maximum absolute atomic E-state index is 12.2. The summed E-state index contributed by atoms with van der Waals surface area (Å²) in [4.78, 5) is 16.2. The van der Waals surface area contributed by atoms with Gasteiger partial charge in [0.15, 0.2) is 0 Å². The summed E-state index contributed by atoms with van der Waals surface area (Å²) in [6.45, 7) is 3.87. The number of phenolic OH excluding ortho intramolecular Hbond substituents is 2. The molecule has 0 saturated heterocycles. The van der Waals surface area contributed by atoms with E-state index in [4.69, 9.17) is 4.74 Å². The van der Waals surface area contributed by atoms with Crippen LogP contribution in [0.2, 0.25) is 0 Å². The number of hydrogen-bond acceptors (Lipinski definition) is 5. The largest absolute Gasteiger partial charge is 0.507 e. The molecule has 1 aromatic heterocycles. The summed E-state index contributed by atoms with van der Waals surface area (Å²) in [5, 5.41) is 20.7. The second kappa shape index (κ2) is 8.15. The first kappa shape index (κ1) is 18.3. The van der Waals surface area contributed by atoms with E-state index in [1.165, 1.54) is 31.5 Å². The van der Waals surface area contributed by atoms with Crippen LogP contribution < -0.4 is 4.74 Å². The zero-order valence-corrected chi connectivity index (χ0v) is 14.5. The molecule has 0 fully saturated rings. The van der Waals surface area contributed by atoms with Crippen LogP contribution >= 0.6 is 0 Å². The highest BCUT2D eigenvalue weighted by Gasteiger charge is 2.16. The van der Waals surface area contributed by atoms with Crippen molar-refractivity contribution in [2.75, 3.05) is 7.11 Å². The summed E-state index contributed by atoms with van der Waals surface area (Å²) in [5.41, 5.74) is 2.09. The fraction of sp³-hybridized carbons (Fsp3) is 0.200. The predicted molar refractivity (Wildman–Crippen MR) is 97.1 cm³/mol. The first-order chi connectivity index (χ1) is 11.9. The van der Waals surface area contributed by atoms with Crippen LogP contribution in [-0.4, -0.2) is 28.1 Å². The smallest absolute Gasteiger partial charge is 0.204 e. The number of allylic oxidation sites excluding steroid dienone is 3. The SMILES string of the molecule is COc1cc(O)c(CC=C(C)C)c(O)c1/C=C/C(=O)c1ccccn1. The number of hydrogen-bond donors (Lipinski definition) is 2. The molecule has 2 rings (SSSR count). The molecule has 0 atom stereocenters. The van der Waals surface area contributed by atoms with Crippen molar-refractivity contribution >= 4 is 11.9 Å². The maximum Gasteiger partial charge on any atom is 0.204 e. The van der Waals surface area contributed by atoms with Crippen LogP contribution in [0.3, 0.4) is 0 Å². The van der Waals surface area contributed by atoms with E-state index in [0.717, 1.165) is 5.57 Å². The second-order valence-electron chi connectivity index (χ2n) is 5.74. The number of ether oxygens (including phenoxy) is 1. The van der Waals surface area contributed by atoms with E-state index in [2.05, 4.69) is 4.98 Å². The van der Waals surface area contributed by atoms with Crippen LogP contribution in [0.1, 0.15) is 35.5 Å². The average molecular weight is 339 g/mol. The quantitative estimate of drug-likeness (QED) is 0.474. The Kier molecular flexibility index (Phi) is 5.95. The highest BCUT2D eigenvalue weighted by molar-refractivity contribution is 6.05. The van der Waals surface area contributed by atoms with Gasteiger partial charge in [-0.25, -0.2) is 0 Å². The normalized spacial score (nSPS) is 10.7. The van der Waals surface area contributed by atoms with Crippen LogP contribution in [-0.2, 0) is 6.42 Å². The van der Waals surface area contributed by atoms with Gasteiger partial charge in [-0.1, -0.05) is 17.7 Å². The lowest BCUT2D eigenvalue weighted by molar-refractivity contribution is 0.104. The lowest BCUT2D eigenvalue weighted by Gasteiger charge is -2.13. The van der Waals surface area contributed by atoms with Gasteiger partial charge in [-0.05, 0) is 44.6 Å². The van der Waals surface area contributed by atoms with Gasteiger partial charge in [-0.3, -0.25) is 9.78 Å². The Morgan fingerprint density at radius 2 is 2.04 bits per heavy atom. The number of methoxy groups -OCH3 is 1. The van der Waals surface area contributed by atoms with Gasteiger partial charge in [0.2, 0.25) is 5.78 Å². The Hall–Kier alpha value is -3.08. The average Bonchev–Trinajstić information content (AvgIpc) is 2.60. The number of rotatable bonds is 6. The highest BCUT2D eigenvalue weighted by Crippen LogP contribution is 2.39. The van der Waals surface area contributed by atoms with Gasteiger partial charge >= 0.3 is 0 Å². The molecule has 0 bridgehead atoms. The minimum Gasteiger partial charge on any atom is -0.507 e. The number of aromatic nitrogens is 1. The molecule has 5 nitrogen and oxygen atoms in total. The molecule has 25 heavy (non-hydrogen) atoms. The van der Waals surface area contributed by atoms with Crippen LogP contribution in [0.5, 0.6) is 17.2 Å². The van der Waals surface area contributed by atoms with Gasteiger partial charge in [-0.2, -0.15) is 0 Å². The molecule has 0 saturated carbocycles. The number of benzene rings is 1. The fourth-order valence-electron chi connectivity index (χ4n) is 2.28. The summed E-state index contributed by atoms with van der Waals surface area (Å²) < 4.78 is 5.21. The zero-order chi connectivity index (χ0) is 18.4. The van der Waals surface area contributed by atoms with Crippen molar-refractivity contribution in [2.24, 2.45) is 0 Å². The molecule has 0 spiro atoms. The highest BCUT2D eigenvalue weighted by atomic mass is 16.5. The summed E-state index contributed by atoms with van der Waals surface area (Å²) in [7, 11) is 1.43. The van der Waals surface area contributed by atoms with Crippen molar-refractivity contribution in [3.8, 4) is 17.2 Å². The third-order valence-corrected chi connectivity index (χ3v) is 3.64. The van der Waals surface area contributed by atoms with Crippen molar-refractivity contribution in [1.82, 2.24) is 4.98 Å². The standard InChI is InChI=1S/C20H21NO4/c1-13(2)7-8-14-18(23)12-19(25-3)15(20(14)24)9-10-17(22)16-6-4-5-11-21-16/h4-7,9-12,23-24H,8H2,1-3H3/b10-9+. The van der Waals surface area contributed by atoms with E-state index < -0.39 is 0 Å². The number of phenols is 2. The molecule has 0 aliphatic rings. The lowest BCUT2D eigenvalue weighted by Crippen LogP contribution is -1.98. The summed E-state index contributed by atoms with van der Waals surface area (Å²) in [5.74, 6) is -0.179. The fourth-order valence-corrected chi connectivity index (χ4v) is 2.28. The van der Waals surface area contributed by atoms with Crippen LogP contribution in [0.4, 0.5) is 0 Å². The van der Waals surface area contributed by atoms with E-state index in [1.54, 1.807) is 18.2 Å². The number of ketones is 1. The van der Waals surface area contributed by atoms with Crippen molar-refractivity contribution in [3.05, 3.63) is 65.0 Å². The monoisotopic (exact) mass is 339 g/mol. The summed E-state index contributed by atoms with van der Waals surface area (Å²) >= 11 is 0. The molecule has 1 heterocycles. The molecule has 0 aliphatic carbocycles. The molecule has 2 aromatic rings. The molecule has 130 valence electrons. The Morgan fingerprint density at radius 1 is 1.28 bits per heavy atom. The number of carbonyl (C=O) groups excluding carboxylic acids is 1. The number of nitrogens with zero attached hydrogens (tertiary/aromatic N) is 1. The van der Waals surface area contributed by atoms with Gasteiger partial charge in [0.25, 0.3) is 0 Å². The molecular weight excluding hydrogens is 318 g/mol. The van der Waals surface area contributed by atoms with Crippen molar-refractivity contribution < 1.29 is 19.7 Å². The lowest BCUT2D eigenvalue weighted by atomic mass is 10.0. The first-order valence-electron chi connectivity index (χ1n) is 7.82. The molecule has 0 aliphatic heterocycles. The van der Waals surface area contributed by atoms with Crippen LogP contribution in [0.15, 0.2) is 48.2 Å². The molecular formula is C20H21NO4. The van der Waals surface area contributed by atoms with E-state index in [9.17, 15) is 15.0 Å². The van der Waals surface area contributed by atoms with E-state index >= 15 is 0 Å². The molecule has 5 heteroatoms. The zero-order valence-electron chi connectivity index (χ0n) is 14.5. The minimum atomic E-state index is -0.291. The van der Waals surface area contributed by atoms with Crippen LogP contribution in [0.25, 0.3) is 6.08 Å². The Morgan fingerprint density at radius 3 is 2.64 bits per heavy atom. The van der Waals surface area contributed by atoms with E-state index in [-0.39, 0.29) is 23.0 Å². The van der Waals surface area contributed by atoms with Gasteiger partial charge < -0.3 is 14.9 Å². The molecule has 0 amide bonds. The first-order valence-corrected chi connectivity index (χ1v) is 7.82. The molecule has 2 N–H and O–H groups in total. The van der Waals surface area contributed by atoms with Crippen LogP contribution in [0, 0.1) is 0 Å². The van der Waals surface area contributed by atoms with Crippen molar-refractivity contribution in [1.29, 1.82) is 0 Å². The molecule has 0 radical (unpaired) electrons. The van der Waals surface area contributed by atoms with Gasteiger partial charge in [0.05, 0.1) is 12.7 Å². The number of carbonyl (C=O) groups is 1. The summed E-state index contributed by atoms with van der Waals surface area (Å²) in [6.07, 6.45) is 6.60. The van der Waals surface area contributed by atoms with Crippen molar-refractivity contribution in [3.63, 3.8) is 0 Å². The van der Waals surface area contributed by atoms with Gasteiger partial charge in [-0.15, -0.1) is 0 Å². The second-order valence-corrected chi connectivity index (χ2v) is 5.74. The minimum absolute atomic E-state index is 0.0555. The van der Waals surface area contributed by atoms with Gasteiger partial charge in [0, 0.05) is 17.8 Å². The topological polar surface area (TPSA) is 79.6 Å². The van der Waals surface area contributed by atoms with Crippen molar-refractivity contribution in [2.45, 2.75) is 20.3 Å². The maximum atomic E-state index is 12.2. The van der Waals surface area contributed by atoms with Gasteiger partial charge in [0.1, 0.15) is 22.9 Å². The number of aromatic hydroxyl groups is 2. The number of pyridine rings is 1. The third kappa shape index (κ3) is 4.47.